The van der Waals surface area contributed by atoms with E-state index >= 15 is 0 Å². The Morgan fingerprint density at radius 2 is 2.15 bits per heavy atom. The summed E-state index contributed by atoms with van der Waals surface area (Å²) in [6, 6.07) is 6.28. The quantitative estimate of drug-likeness (QED) is 0.876. The minimum absolute atomic E-state index is 0.322. The average Bonchev–Trinajstić information content (AvgIpc) is 2.74. The Balaban J connectivity index is 1.47. The van der Waals surface area contributed by atoms with Gasteiger partial charge in [-0.15, -0.1) is 0 Å². The van der Waals surface area contributed by atoms with Gasteiger partial charge in [0.1, 0.15) is 17.3 Å². The van der Waals surface area contributed by atoms with Gasteiger partial charge in [-0.2, -0.15) is 0 Å². The normalized spacial score (nSPS) is 20.1. The van der Waals surface area contributed by atoms with Crippen molar-refractivity contribution in [3.05, 3.63) is 47.0 Å². The third-order valence-electron chi connectivity index (χ3n) is 5.54. The second-order valence-electron chi connectivity index (χ2n) is 7.34. The second kappa shape index (κ2) is 8.23. The third-order valence-corrected chi connectivity index (χ3v) is 5.54. The molecule has 6 nitrogen and oxygen atoms in total. The average molecular weight is 368 g/mol. The van der Waals surface area contributed by atoms with Crippen molar-refractivity contribution in [2.75, 3.05) is 27.3 Å². The van der Waals surface area contributed by atoms with E-state index in [0.717, 1.165) is 61.9 Å². The van der Waals surface area contributed by atoms with Crippen LogP contribution in [0.3, 0.4) is 0 Å². The van der Waals surface area contributed by atoms with Gasteiger partial charge in [-0.05, 0) is 37.6 Å². The maximum atomic E-state index is 5.52. The summed E-state index contributed by atoms with van der Waals surface area (Å²) in [6.45, 7) is 3.75. The fourth-order valence-electron chi connectivity index (χ4n) is 4.01. The summed E-state index contributed by atoms with van der Waals surface area (Å²) in [4.78, 5) is 12.0. The SMILES string of the molecule is COc1ccc(OC)c(CN2CCc3nc(C4CCCCN4)ncc3C2)c1. The molecular weight excluding hydrogens is 340 g/mol. The first-order valence-electron chi connectivity index (χ1n) is 9.78. The van der Waals surface area contributed by atoms with Gasteiger partial charge in [-0.25, -0.2) is 9.97 Å². The Labute approximate surface area is 160 Å². The highest BCUT2D eigenvalue weighted by molar-refractivity contribution is 5.40. The van der Waals surface area contributed by atoms with E-state index in [1.54, 1.807) is 14.2 Å². The molecule has 2 aromatic rings. The van der Waals surface area contributed by atoms with Gasteiger partial charge in [0, 0.05) is 49.1 Å². The molecule has 0 saturated carbocycles. The van der Waals surface area contributed by atoms with Crippen molar-refractivity contribution in [2.45, 2.75) is 44.8 Å². The number of benzene rings is 1. The van der Waals surface area contributed by atoms with Crippen molar-refractivity contribution >= 4 is 0 Å². The Morgan fingerprint density at radius 1 is 1.22 bits per heavy atom. The van der Waals surface area contributed by atoms with E-state index in [2.05, 4.69) is 21.3 Å². The van der Waals surface area contributed by atoms with Gasteiger partial charge in [0.2, 0.25) is 0 Å². The molecule has 0 bridgehead atoms. The van der Waals surface area contributed by atoms with Crippen molar-refractivity contribution in [2.24, 2.45) is 0 Å². The lowest BCUT2D eigenvalue weighted by molar-refractivity contribution is 0.238. The molecule has 144 valence electrons. The molecule has 6 heteroatoms. The molecule has 1 saturated heterocycles. The molecule has 27 heavy (non-hydrogen) atoms. The number of ether oxygens (including phenoxy) is 2. The van der Waals surface area contributed by atoms with Crippen LogP contribution < -0.4 is 14.8 Å². The first-order chi connectivity index (χ1) is 13.3. The van der Waals surface area contributed by atoms with Gasteiger partial charge in [-0.3, -0.25) is 4.90 Å². The summed E-state index contributed by atoms with van der Waals surface area (Å²) < 4.78 is 10.9. The van der Waals surface area contributed by atoms with E-state index in [0.29, 0.717) is 6.04 Å². The molecular formula is C21H28N4O2. The maximum absolute atomic E-state index is 5.52. The molecule has 0 amide bonds. The Hall–Kier alpha value is -2.18. The zero-order valence-electron chi connectivity index (χ0n) is 16.2. The van der Waals surface area contributed by atoms with Gasteiger partial charge in [0.05, 0.1) is 20.3 Å². The number of nitrogens with one attached hydrogen (secondary N) is 1. The summed E-state index contributed by atoms with van der Waals surface area (Å²) >= 11 is 0. The number of fused-ring (bicyclic) bond motifs is 1. The van der Waals surface area contributed by atoms with Gasteiger partial charge in [-0.1, -0.05) is 6.42 Å². The van der Waals surface area contributed by atoms with Crippen molar-refractivity contribution in [1.82, 2.24) is 20.2 Å². The number of aromatic nitrogens is 2. The zero-order chi connectivity index (χ0) is 18.6. The number of nitrogens with zero attached hydrogens (tertiary/aromatic N) is 3. The van der Waals surface area contributed by atoms with E-state index in [-0.39, 0.29) is 0 Å². The molecule has 4 rings (SSSR count). The number of hydrogen-bond acceptors (Lipinski definition) is 6. The van der Waals surface area contributed by atoms with Crippen LogP contribution >= 0.6 is 0 Å². The number of rotatable bonds is 5. The molecule has 0 radical (unpaired) electrons. The van der Waals surface area contributed by atoms with E-state index in [1.165, 1.54) is 24.1 Å². The largest absolute Gasteiger partial charge is 0.497 e. The first-order valence-corrected chi connectivity index (χ1v) is 9.78. The molecule has 2 aliphatic heterocycles. The van der Waals surface area contributed by atoms with Crippen LogP contribution in [0.2, 0.25) is 0 Å². The first kappa shape index (κ1) is 18.2. The monoisotopic (exact) mass is 368 g/mol. The van der Waals surface area contributed by atoms with Gasteiger partial charge in [0.15, 0.2) is 0 Å². The van der Waals surface area contributed by atoms with E-state index in [1.807, 2.05) is 18.3 Å². The lowest BCUT2D eigenvalue weighted by Gasteiger charge is -2.29. The summed E-state index contributed by atoms with van der Waals surface area (Å²) in [6.07, 6.45) is 6.64. The van der Waals surface area contributed by atoms with E-state index in [9.17, 15) is 0 Å². The predicted molar refractivity (Wildman–Crippen MR) is 104 cm³/mol. The van der Waals surface area contributed by atoms with Crippen molar-refractivity contribution in [3.63, 3.8) is 0 Å². The van der Waals surface area contributed by atoms with Crippen molar-refractivity contribution in [1.29, 1.82) is 0 Å². The fraction of sp³-hybridized carbons (Fsp3) is 0.524. The van der Waals surface area contributed by atoms with Crippen LogP contribution in [0.4, 0.5) is 0 Å². The Bertz CT molecular complexity index is 790. The van der Waals surface area contributed by atoms with E-state index < -0.39 is 0 Å². The molecule has 2 aliphatic rings. The van der Waals surface area contributed by atoms with Gasteiger partial charge in [0.25, 0.3) is 0 Å². The summed E-state index contributed by atoms with van der Waals surface area (Å²) in [5.74, 6) is 2.73. The van der Waals surface area contributed by atoms with Crippen LogP contribution in [0.1, 0.15) is 47.9 Å². The lowest BCUT2D eigenvalue weighted by atomic mass is 10.0. The standard InChI is InChI=1S/C21H28N4O2/c1-26-17-6-7-20(27-2)15(11-17)13-25-10-8-18-16(14-25)12-23-21(24-18)19-5-3-4-9-22-19/h6-7,11-12,19,22H,3-5,8-10,13-14H2,1-2H3. The highest BCUT2D eigenvalue weighted by atomic mass is 16.5. The summed E-state index contributed by atoms with van der Waals surface area (Å²) in [5, 5.41) is 3.55. The van der Waals surface area contributed by atoms with E-state index in [4.69, 9.17) is 14.5 Å². The van der Waals surface area contributed by atoms with Crippen LogP contribution in [0.5, 0.6) is 11.5 Å². The zero-order valence-corrected chi connectivity index (χ0v) is 16.2. The molecule has 1 unspecified atom stereocenters. The summed E-state index contributed by atoms with van der Waals surface area (Å²) in [7, 11) is 3.41. The van der Waals surface area contributed by atoms with Crippen LogP contribution in [0.25, 0.3) is 0 Å². The molecule has 0 spiro atoms. The van der Waals surface area contributed by atoms with Crippen molar-refractivity contribution in [3.8, 4) is 11.5 Å². The van der Waals surface area contributed by atoms with Crippen LogP contribution in [0.15, 0.2) is 24.4 Å². The number of methoxy groups -OCH3 is 2. The predicted octanol–water partition coefficient (Wildman–Crippen LogP) is 2.87. The fourth-order valence-corrected chi connectivity index (χ4v) is 4.01. The molecule has 1 atom stereocenters. The Kier molecular flexibility index (Phi) is 5.55. The van der Waals surface area contributed by atoms with Crippen LogP contribution in [-0.4, -0.2) is 42.2 Å². The topological polar surface area (TPSA) is 59.5 Å². The minimum Gasteiger partial charge on any atom is -0.497 e. The summed E-state index contributed by atoms with van der Waals surface area (Å²) in [5.41, 5.74) is 3.59. The smallest absolute Gasteiger partial charge is 0.145 e. The number of hydrogen-bond donors (Lipinski definition) is 1. The van der Waals surface area contributed by atoms with Crippen LogP contribution in [0, 0.1) is 0 Å². The lowest BCUT2D eigenvalue weighted by Crippen LogP contribution is -2.33. The maximum Gasteiger partial charge on any atom is 0.145 e. The highest BCUT2D eigenvalue weighted by Gasteiger charge is 2.23. The molecule has 1 fully saturated rings. The van der Waals surface area contributed by atoms with Crippen molar-refractivity contribution < 1.29 is 9.47 Å². The minimum atomic E-state index is 0.322. The highest BCUT2D eigenvalue weighted by Crippen LogP contribution is 2.28. The van der Waals surface area contributed by atoms with Gasteiger partial charge < -0.3 is 14.8 Å². The number of piperidine rings is 1. The second-order valence-corrected chi connectivity index (χ2v) is 7.34. The van der Waals surface area contributed by atoms with Crippen LogP contribution in [-0.2, 0) is 19.5 Å². The molecule has 3 heterocycles. The molecule has 1 aromatic carbocycles. The third kappa shape index (κ3) is 4.06. The Morgan fingerprint density at radius 3 is 2.93 bits per heavy atom. The molecule has 1 N–H and O–H groups in total. The molecule has 1 aromatic heterocycles. The molecule has 0 aliphatic carbocycles. The van der Waals surface area contributed by atoms with Gasteiger partial charge >= 0.3 is 0 Å².